The van der Waals surface area contributed by atoms with Crippen molar-refractivity contribution in [3.63, 3.8) is 0 Å². The average molecular weight is 308 g/mol. The molecule has 2 N–H and O–H groups in total. The smallest absolute Gasteiger partial charge is 0.276 e. The number of hydrogen-bond acceptors (Lipinski definition) is 2. The number of amides is 2. The minimum Gasteiger partial charge on any atom is -0.366 e. The fourth-order valence-electron chi connectivity index (χ4n) is 1.47. The Hall–Kier alpha value is -3.27. The van der Waals surface area contributed by atoms with Gasteiger partial charge in [0.2, 0.25) is 5.91 Å². The standard InChI is InChI=1S/C19H20N2O2/c1-10(12(3)14(5)16(7)18(20)22)11(2)13(4)15(6)17(8)19(23)21-9/h1-9H2,(H2,20,22). The Bertz CT molecular complexity index is 730. The number of nitrogens with zero attached hydrogens (tertiary/aromatic N) is 1. The van der Waals surface area contributed by atoms with E-state index in [0.717, 1.165) is 0 Å². The van der Waals surface area contributed by atoms with E-state index in [1.807, 2.05) is 0 Å². The van der Waals surface area contributed by atoms with Crippen LogP contribution in [0.4, 0.5) is 0 Å². The molecule has 0 aromatic rings. The fraction of sp³-hybridized carbons (Fsp3) is 0. The molecular weight excluding hydrogens is 288 g/mol. The van der Waals surface area contributed by atoms with E-state index in [0.29, 0.717) is 22.3 Å². The van der Waals surface area contributed by atoms with Crippen LogP contribution in [0.3, 0.4) is 0 Å². The first kappa shape index (κ1) is 19.7. The van der Waals surface area contributed by atoms with Crippen molar-refractivity contribution in [2.75, 3.05) is 0 Å². The minimum atomic E-state index is -0.714. The van der Waals surface area contributed by atoms with Crippen LogP contribution in [-0.4, -0.2) is 18.5 Å². The molecule has 0 aromatic carbocycles. The summed E-state index contributed by atoms with van der Waals surface area (Å²) in [5.41, 5.74) is 7.08. The Morgan fingerprint density at radius 3 is 1.09 bits per heavy atom. The van der Waals surface area contributed by atoms with Gasteiger partial charge in [0.25, 0.3) is 5.91 Å². The third kappa shape index (κ3) is 4.35. The number of hydrogen-bond donors (Lipinski definition) is 1. The van der Waals surface area contributed by atoms with E-state index in [-0.39, 0.29) is 22.3 Å². The van der Waals surface area contributed by atoms with Crippen molar-refractivity contribution in [2.24, 2.45) is 10.7 Å². The van der Waals surface area contributed by atoms with E-state index in [2.05, 4.69) is 64.3 Å². The maximum absolute atomic E-state index is 11.5. The number of carbonyl (C=O) groups excluding carboxylic acids is 2. The Balaban J connectivity index is 5.32. The summed E-state index contributed by atoms with van der Waals surface area (Å²) in [6, 6.07) is 0. The molecule has 0 aliphatic heterocycles. The number of aliphatic imine (C=N–C) groups is 1. The zero-order valence-electron chi connectivity index (χ0n) is 13.2. The zero-order valence-corrected chi connectivity index (χ0v) is 13.2. The van der Waals surface area contributed by atoms with Gasteiger partial charge in [-0.15, -0.1) is 0 Å². The average Bonchev–Trinajstić information content (AvgIpc) is 2.55. The van der Waals surface area contributed by atoms with Crippen LogP contribution < -0.4 is 5.73 Å². The van der Waals surface area contributed by atoms with E-state index in [9.17, 15) is 9.59 Å². The second kappa shape index (κ2) is 7.66. The Morgan fingerprint density at radius 2 is 0.826 bits per heavy atom. The highest BCUT2D eigenvalue weighted by Crippen LogP contribution is 2.32. The van der Waals surface area contributed by atoms with Crippen molar-refractivity contribution in [1.29, 1.82) is 0 Å². The second-order valence-corrected chi connectivity index (χ2v) is 4.66. The maximum atomic E-state index is 11.5. The summed E-state index contributed by atoms with van der Waals surface area (Å²) in [6.07, 6.45) is 0. The lowest BCUT2D eigenvalue weighted by molar-refractivity contribution is -0.115. The monoisotopic (exact) mass is 308 g/mol. The maximum Gasteiger partial charge on any atom is 0.276 e. The summed E-state index contributed by atoms with van der Waals surface area (Å²) < 4.78 is 0. The normalized spacial score (nSPS) is 9.22. The molecule has 0 bridgehead atoms. The van der Waals surface area contributed by atoms with Gasteiger partial charge in [-0.1, -0.05) is 52.6 Å². The molecular formula is C19H20N2O2. The summed E-state index contributed by atoms with van der Waals surface area (Å²) in [5, 5.41) is 0. The SMILES string of the molecule is C=NC(=O)C(=C)C(=C)C(=C)C(=C)C(=C)C(=C)C(=C)C(=C)C(N)=O. The van der Waals surface area contributed by atoms with Crippen molar-refractivity contribution in [2.45, 2.75) is 0 Å². The summed E-state index contributed by atoms with van der Waals surface area (Å²) in [7, 11) is 0. The molecule has 23 heavy (non-hydrogen) atoms. The first-order valence-corrected chi connectivity index (χ1v) is 6.32. The van der Waals surface area contributed by atoms with Gasteiger partial charge in [0, 0.05) is 11.1 Å². The molecule has 0 rings (SSSR count). The molecule has 0 saturated heterocycles. The molecule has 0 aliphatic rings. The van der Waals surface area contributed by atoms with E-state index in [1.54, 1.807) is 0 Å². The molecule has 0 saturated carbocycles. The molecule has 118 valence electrons. The summed E-state index contributed by atoms with van der Waals surface area (Å²) >= 11 is 0. The largest absolute Gasteiger partial charge is 0.366 e. The van der Waals surface area contributed by atoms with Crippen LogP contribution in [0.1, 0.15) is 0 Å². The van der Waals surface area contributed by atoms with E-state index >= 15 is 0 Å². The van der Waals surface area contributed by atoms with Crippen LogP contribution in [0.15, 0.2) is 102 Å². The van der Waals surface area contributed by atoms with Crippen molar-refractivity contribution in [3.8, 4) is 0 Å². The molecule has 0 aromatic heterocycles. The van der Waals surface area contributed by atoms with Crippen LogP contribution >= 0.6 is 0 Å². The van der Waals surface area contributed by atoms with Gasteiger partial charge in [-0.05, 0) is 40.2 Å². The van der Waals surface area contributed by atoms with Crippen LogP contribution in [0.25, 0.3) is 0 Å². The van der Waals surface area contributed by atoms with Crippen LogP contribution in [-0.2, 0) is 9.59 Å². The number of nitrogens with two attached hydrogens (primary N) is 1. The lowest BCUT2D eigenvalue weighted by atomic mass is 9.86. The molecule has 4 heteroatoms. The highest BCUT2D eigenvalue weighted by Gasteiger charge is 2.18. The van der Waals surface area contributed by atoms with Gasteiger partial charge in [0.15, 0.2) is 0 Å². The van der Waals surface area contributed by atoms with E-state index in [4.69, 9.17) is 5.73 Å². The summed E-state index contributed by atoms with van der Waals surface area (Å²) in [6.45, 7) is 33.0. The van der Waals surface area contributed by atoms with Gasteiger partial charge in [-0.3, -0.25) is 9.59 Å². The topological polar surface area (TPSA) is 72.5 Å². The number of primary amides is 1. The van der Waals surface area contributed by atoms with Gasteiger partial charge in [-0.2, -0.15) is 0 Å². The summed E-state index contributed by atoms with van der Waals surface area (Å²) in [5.74, 6) is -1.33. The third-order valence-corrected chi connectivity index (χ3v) is 3.25. The number of allylic oxidation sites excluding steroid dienone is 4. The van der Waals surface area contributed by atoms with Crippen molar-refractivity contribution >= 4 is 18.5 Å². The van der Waals surface area contributed by atoms with Gasteiger partial charge < -0.3 is 5.73 Å². The third-order valence-electron chi connectivity index (χ3n) is 3.25. The molecule has 0 fully saturated rings. The van der Waals surface area contributed by atoms with Gasteiger partial charge in [-0.25, -0.2) is 4.99 Å². The highest BCUT2D eigenvalue weighted by atomic mass is 16.1. The van der Waals surface area contributed by atoms with Gasteiger partial charge >= 0.3 is 0 Å². The molecule has 0 heterocycles. The number of rotatable bonds is 9. The molecule has 2 amide bonds. The molecule has 0 atom stereocenters. The molecule has 4 nitrogen and oxygen atoms in total. The number of carbonyl (C=O) groups is 2. The second-order valence-electron chi connectivity index (χ2n) is 4.66. The molecule has 0 aliphatic carbocycles. The van der Waals surface area contributed by atoms with Crippen LogP contribution in [0.2, 0.25) is 0 Å². The minimum absolute atomic E-state index is 0.0174. The molecule has 0 unspecified atom stereocenters. The van der Waals surface area contributed by atoms with Crippen molar-refractivity contribution in [1.82, 2.24) is 0 Å². The summed E-state index contributed by atoms with van der Waals surface area (Å²) in [4.78, 5) is 25.9. The zero-order chi connectivity index (χ0) is 18.5. The predicted molar refractivity (Wildman–Crippen MR) is 96.9 cm³/mol. The Labute approximate surface area is 136 Å². The lowest BCUT2D eigenvalue weighted by Crippen LogP contribution is -2.15. The first-order chi connectivity index (χ1) is 10.5. The predicted octanol–water partition coefficient (Wildman–Crippen LogP) is 3.15. The quantitative estimate of drug-likeness (QED) is 0.404. The van der Waals surface area contributed by atoms with Gasteiger partial charge in [0.05, 0.1) is 0 Å². The molecule has 0 radical (unpaired) electrons. The first-order valence-electron chi connectivity index (χ1n) is 6.32. The Kier molecular flexibility index (Phi) is 6.57. The fourth-order valence-corrected chi connectivity index (χ4v) is 1.47. The Morgan fingerprint density at radius 1 is 0.565 bits per heavy atom. The van der Waals surface area contributed by atoms with Crippen LogP contribution in [0, 0.1) is 0 Å². The van der Waals surface area contributed by atoms with E-state index < -0.39 is 11.8 Å². The van der Waals surface area contributed by atoms with Crippen LogP contribution in [0.5, 0.6) is 0 Å². The van der Waals surface area contributed by atoms with Crippen molar-refractivity contribution < 1.29 is 9.59 Å². The molecule has 0 spiro atoms. The van der Waals surface area contributed by atoms with Gasteiger partial charge in [0.1, 0.15) is 0 Å². The van der Waals surface area contributed by atoms with E-state index in [1.165, 1.54) is 0 Å². The highest BCUT2D eigenvalue weighted by molar-refractivity contribution is 6.01. The van der Waals surface area contributed by atoms with Crippen molar-refractivity contribution in [3.05, 3.63) is 97.2 Å². The lowest BCUT2D eigenvalue weighted by Gasteiger charge is -2.18.